The predicted octanol–water partition coefficient (Wildman–Crippen LogP) is 7.65. The van der Waals surface area contributed by atoms with Crippen molar-refractivity contribution in [3.8, 4) is 0 Å². The molecule has 186 valence electrons. The number of hydrogen-bond acceptors (Lipinski definition) is 4. The maximum atomic E-state index is 10.6. The van der Waals surface area contributed by atoms with Gasteiger partial charge in [0.2, 0.25) is 0 Å². The third-order valence-electron chi connectivity index (χ3n) is 5.80. The fraction of sp³-hybridized carbons (Fsp3) is 0.692. The minimum Gasteiger partial charge on any atom is -0.361 e. The molecule has 0 radical (unpaired) electrons. The fourth-order valence-electron chi connectivity index (χ4n) is 3.76. The van der Waals surface area contributed by atoms with Crippen molar-refractivity contribution in [3.05, 3.63) is 39.9 Å². The molecule has 2 N–H and O–H groups in total. The summed E-state index contributed by atoms with van der Waals surface area (Å²) in [6.07, 6.45) is 23.4. The van der Waals surface area contributed by atoms with Gasteiger partial charge in [0.1, 0.15) is 0 Å². The number of unbranched alkanes of at least 4 members (excludes halogenated alkanes) is 15. The summed E-state index contributed by atoms with van der Waals surface area (Å²) in [5.41, 5.74) is 3.62. The van der Waals surface area contributed by atoms with E-state index in [9.17, 15) is 10.1 Å². The summed E-state index contributed by atoms with van der Waals surface area (Å²) < 4.78 is 0. The van der Waals surface area contributed by atoms with Crippen LogP contribution in [-0.2, 0) is 0 Å². The second-order valence-electron chi connectivity index (χ2n) is 8.78. The quantitative estimate of drug-likeness (QED) is 0.0664. The van der Waals surface area contributed by atoms with E-state index < -0.39 is 4.92 Å². The largest absolute Gasteiger partial charge is 0.361 e. The molecule has 1 aromatic rings. The van der Waals surface area contributed by atoms with Crippen LogP contribution in [0.15, 0.2) is 29.4 Å². The topological polar surface area (TPSA) is 79.6 Å². The Balaban J connectivity index is 1.85. The molecule has 0 aliphatic rings. The van der Waals surface area contributed by atoms with Crippen LogP contribution in [0.3, 0.4) is 0 Å². The Morgan fingerprint density at radius 2 is 1.30 bits per heavy atom. The molecule has 33 heavy (non-hydrogen) atoms. The Bertz CT molecular complexity index is 665. The van der Waals surface area contributed by atoms with Gasteiger partial charge in [-0.3, -0.25) is 15.5 Å². The van der Waals surface area contributed by atoms with Crippen LogP contribution < -0.4 is 10.7 Å². The SMILES string of the molecule is CCCCCCCCCCCCCCCCCCNC(=S)N/N=C\c1ccc([N+](=O)[O-])cc1. The minimum absolute atomic E-state index is 0.0658. The molecule has 0 unspecified atom stereocenters. The molecule has 1 aromatic carbocycles. The Morgan fingerprint density at radius 3 is 1.76 bits per heavy atom. The summed E-state index contributed by atoms with van der Waals surface area (Å²) in [4.78, 5) is 10.2. The van der Waals surface area contributed by atoms with E-state index in [-0.39, 0.29) is 5.69 Å². The molecular formula is C26H44N4O2S. The van der Waals surface area contributed by atoms with E-state index in [2.05, 4.69) is 22.8 Å². The molecule has 0 saturated heterocycles. The van der Waals surface area contributed by atoms with Crippen LogP contribution in [0, 0.1) is 10.1 Å². The zero-order chi connectivity index (χ0) is 24.0. The van der Waals surface area contributed by atoms with Crippen molar-refractivity contribution >= 4 is 29.2 Å². The lowest BCUT2D eigenvalue weighted by molar-refractivity contribution is -0.384. The number of thiocarbonyl (C=S) groups is 1. The highest BCUT2D eigenvalue weighted by Crippen LogP contribution is 2.13. The first-order valence-electron chi connectivity index (χ1n) is 12.9. The number of nitro benzene ring substituents is 1. The lowest BCUT2D eigenvalue weighted by Crippen LogP contribution is -2.32. The maximum absolute atomic E-state index is 10.6. The van der Waals surface area contributed by atoms with Gasteiger partial charge in [0.25, 0.3) is 5.69 Å². The summed E-state index contributed by atoms with van der Waals surface area (Å²) >= 11 is 5.21. The Kier molecular flexibility index (Phi) is 18.1. The van der Waals surface area contributed by atoms with Crippen LogP contribution in [0.5, 0.6) is 0 Å². The standard InChI is InChI=1S/C26H44N4O2S/c1-2-3-4-5-6-7-8-9-10-11-12-13-14-15-16-17-22-27-26(33)29-28-23-24-18-20-25(21-19-24)30(31)32/h18-21,23H,2-17,22H2,1H3,(H2,27,29,33)/b28-23-. The smallest absolute Gasteiger partial charge is 0.269 e. The second kappa shape index (κ2) is 20.6. The normalized spacial score (nSPS) is 11.1. The van der Waals surface area contributed by atoms with Crippen LogP contribution in [0.25, 0.3) is 0 Å². The summed E-state index contributed by atoms with van der Waals surface area (Å²) in [5, 5.41) is 18.4. The van der Waals surface area contributed by atoms with Crippen LogP contribution in [0.1, 0.15) is 115 Å². The zero-order valence-electron chi connectivity index (χ0n) is 20.5. The van der Waals surface area contributed by atoms with E-state index >= 15 is 0 Å². The van der Waals surface area contributed by atoms with E-state index in [4.69, 9.17) is 12.2 Å². The molecule has 0 bridgehead atoms. The van der Waals surface area contributed by atoms with Crippen LogP contribution in [0.2, 0.25) is 0 Å². The Labute approximate surface area is 206 Å². The molecule has 0 atom stereocenters. The molecule has 0 amide bonds. The highest BCUT2D eigenvalue weighted by atomic mass is 32.1. The summed E-state index contributed by atoms with van der Waals surface area (Å²) in [6, 6.07) is 6.21. The molecule has 0 spiro atoms. The highest BCUT2D eigenvalue weighted by molar-refractivity contribution is 7.80. The van der Waals surface area contributed by atoms with Crippen molar-refractivity contribution < 1.29 is 4.92 Å². The number of benzene rings is 1. The molecule has 0 fully saturated rings. The molecule has 6 nitrogen and oxygen atoms in total. The van der Waals surface area contributed by atoms with Gasteiger partial charge >= 0.3 is 0 Å². The number of nitro groups is 1. The molecule has 1 rings (SSSR count). The predicted molar refractivity (Wildman–Crippen MR) is 144 cm³/mol. The van der Waals surface area contributed by atoms with Gasteiger partial charge in [0, 0.05) is 18.7 Å². The van der Waals surface area contributed by atoms with Crippen molar-refractivity contribution in [2.75, 3.05) is 6.54 Å². The molecule has 7 heteroatoms. The average Bonchev–Trinajstić information content (AvgIpc) is 2.81. The first kappa shape index (κ1) is 29.0. The number of hydrazone groups is 1. The first-order valence-corrected chi connectivity index (χ1v) is 13.4. The van der Waals surface area contributed by atoms with Crippen molar-refractivity contribution in [1.82, 2.24) is 10.7 Å². The van der Waals surface area contributed by atoms with Crippen molar-refractivity contribution in [1.29, 1.82) is 0 Å². The van der Waals surface area contributed by atoms with E-state index in [1.807, 2.05) is 0 Å². The number of non-ortho nitro benzene ring substituents is 1. The van der Waals surface area contributed by atoms with Gasteiger partial charge in [-0.25, -0.2) is 0 Å². The molecule has 0 aliphatic heterocycles. The summed E-state index contributed by atoms with van der Waals surface area (Å²) in [7, 11) is 0. The van der Waals surface area contributed by atoms with Crippen LogP contribution in [0.4, 0.5) is 5.69 Å². The monoisotopic (exact) mass is 476 g/mol. The molecule has 0 aliphatic carbocycles. The molecule has 0 saturated carbocycles. The third-order valence-corrected chi connectivity index (χ3v) is 6.04. The third kappa shape index (κ3) is 17.2. The lowest BCUT2D eigenvalue weighted by Gasteiger charge is -2.07. The van der Waals surface area contributed by atoms with E-state index in [1.165, 1.54) is 108 Å². The molecule has 0 aromatic heterocycles. The maximum Gasteiger partial charge on any atom is 0.269 e. The van der Waals surface area contributed by atoms with E-state index in [0.717, 1.165) is 18.5 Å². The van der Waals surface area contributed by atoms with Gasteiger partial charge in [-0.1, -0.05) is 103 Å². The highest BCUT2D eigenvalue weighted by Gasteiger charge is 2.02. The number of rotatable bonds is 20. The van der Waals surface area contributed by atoms with Crippen LogP contribution in [-0.4, -0.2) is 22.8 Å². The number of hydrogen-bond donors (Lipinski definition) is 2. The van der Waals surface area contributed by atoms with Gasteiger partial charge in [-0.2, -0.15) is 5.10 Å². The fourth-order valence-corrected chi connectivity index (χ4v) is 3.92. The number of nitrogens with zero attached hydrogens (tertiary/aromatic N) is 2. The van der Waals surface area contributed by atoms with Gasteiger partial charge < -0.3 is 5.32 Å². The van der Waals surface area contributed by atoms with Crippen molar-refractivity contribution in [2.45, 2.75) is 110 Å². The number of nitrogens with one attached hydrogen (secondary N) is 2. The lowest BCUT2D eigenvalue weighted by atomic mass is 10.0. The van der Waals surface area contributed by atoms with E-state index in [1.54, 1.807) is 18.3 Å². The Morgan fingerprint density at radius 1 is 0.848 bits per heavy atom. The zero-order valence-corrected chi connectivity index (χ0v) is 21.3. The summed E-state index contributed by atoms with van der Waals surface area (Å²) in [5.74, 6) is 0. The van der Waals surface area contributed by atoms with Gasteiger partial charge in [-0.15, -0.1) is 0 Å². The first-order chi connectivity index (χ1) is 16.1. The van der Waals surface area contributed by atoms with Gasteiger partial charge in [-0.05, 0) is 36.3 Å². The van der Waals surface area contributed by atoms with E-state index in [0.29, 0.717) is 5.11 Å². The Hall–Kier alpha value is -2.02. The van der Waals surface area contributed by atoms with Gasteiger partial charge in [0.05, 0.1) is 11.1 Å². The van der Waals surface area contributed by atoms with Crippen LogP contribution >= 0.6 is 12.2 Å². The summed E-state index contributed by atoms with van der Waals surface area (Å²) in [6.45, 7) is 3.12. The minimum atomic E-state index is -0.420. The van der Waals surface area contributed by atoms with Crippen molar-refractivity contribution in [3.63, 3.8) is 0 Å². The van der Waals surface area contributed by atoms with Gasteiger partial charge in [0.15, 0.2) is 5.11 Å². The molecule has 0 heterocycles. The average molecular weight is 477 g/mol. The van der Waals surface area contributed by atoms with Crippen molar-refractivity contribution in [2.24, 2.45) is 5.10 Å². The second-order valence-corrected chi connectivity index (χ2v) is 9.19. The molecular weight excluding hydrogens is 432 g/mol.